The van der Waals surface area contributed by atoms with Crippen LogP contribution in [-0.4, -0.2) is 8.41 Å². The first-order valence-electron chi connectivity index (χ1n) is 5.98. The summed E-state index contributed by atoms with van der Waals surface area (Å²) in [4.78, 5) is 0.882. The molecule has 0 bridgehead atoms. The van der Waals surface area contributed by atoms with E-state index < -0.39 is 8.41 Å². The number of halogens is 1. The van der Waals surface area contributed by atoms with Crippen LogP contribution in [0, 0.1) is 0 Å². The predicted molar refractivity (Wildman–Crippen MR) is 79.6 cm³/mol. The normalized spacial score (nSPS) is 13.9. The van der Waals surface area contributed by atoms with Crippen molar-refractivity contribution in [1.29, 1.82) is 0 Å². The molecule has 0 heterocycles. The molecular weight excluding hydrogens is 246 g/mol. The van der Waals surface area contributed by atoms with Crippen LogP contribution < -0.4 is 5.19 Å². The molecule has 0 saturated carbocycles. The van der Waals surface area contributed by atoms with E-state index in [2.05, 4.69) is 12.6 Å². The molecule has 0 unspecified atom stereocenters. The van der Waals surface area contributed by atoms with Gasteiger partial charge in [-0.2, -0.15) is 0 Å². The fourth-order valence-corrected chi connectivity index (χ4v) is 7.44. The van der Waals surface area contributed by atoms with Crippen molar-refractivity contribution in [3.8, 4) is 0 Å². The van der Waals surface area contributed by atoms with Gasteiger partial charge in [-0.3, -0.25) is 0 Å². The highest BCUT2D eigenvalue weighted by Gasteiger charge is 2.56. The van der Waals surface area contributed by atoms with Crippen LogP contribution in [0.5, 0.6) is 0 Å². The second kappa shape index (κ2) is 4.43. The fourth-order valence-electron chi connectivity index (χ4n) is 2.68. The van der Waals surface area contributed by atoms with Gasteiger partial charge in [-0.1, -0.05) is 53.7 Å². The Morgan fingerprint density at radius 2 is 1.24 bits per heavy atom. The van der Waals surface area contributed by atoms with Crippen molar-refractivity contribution in [3.05, 3.63) is 24.3 Å². The van der Waals surface area contributed by atoms with Gasteiger partial charge in [-0.05, 0) is 27.4 Å². The number of rotatable bonds is 1. The lowest BCUT2D eigenvalue weighted by Crippen LogP contribution is -2.57. The zero-order chi connectivity index (χ0) is 13.5. The molecule has 0 nitrogen and oxygen atoms in total. The third-order valence-electron chi connectivity index (χ3n) is 3.33. The maximum Gasteiger partial charge on any atom is 0.288 e. The number of hydrogen-bond acceptors (Lipinski definition) is 1. The third kappa shape index (κ3) is 2.60. The summed E-state index contributed by atoms with van der Waals surface area (Å²) in [6.45, 7) is 12.1. The molecule has 0 aliphatic carbocycles. The van der Waals surface area contributed by atoms with Crippen LogP contribution in [0.25, 0.3) is 0 Å². The zero-order valence-corrected chi connectivity index (χ0v) is 13.5. The maximum atomic E-state index is 15.8. The molecule has 0 fully saturated rings. The van der Waals surface area contributed by atoms with E-state index in [-0.39, 0.29) is 10.1 Å². The van der Waals surface area contributed by atoms with Gasteiger partial charge in [-0.25, -0.2) is 0 Å². The van der Waals surface area contributed by atoms with Gasteiger partial charge in [0.15, 0.2) is 0 Å². The van der Waals surface area contributed by atoms with Crippen molar-refractivity contribution in [2.24, 2.45) is 0 Å². The molecule has 0 spiro atoms. The van der Waals surface area contributed by atoms with Gasteiger partial charge in [-0.15, -0.1) is 12.6 Å². The Morgan fingerprint density at radius 3 is 1.53 bits per heavy atom. The van der Waals surface area contributed by atoms with E-state index >= 15 is 4.11 Å². The van der Waals surface area contributed by atoms with E-state index in [1.165, 1.54) is 0 Å². The van der Waals surface area contributed by atoms with Crippen LogP contribution in [0.1, 0.15) is 41.5 Å². The third-order valence-corrected chi connectivity index (χ3v) is 8.89. The van der Waals surface area contributed by atoms with E-state index in [0.717, 1.165) is 10.1 Å². The van der Waals surface area contributed by atoms with Gasteiger partial charge in [0.2, 0.25) is 0 Å². The molecule has 1 rings (SSSR count). The zero-order valence-electron chi connectivity index (χ0n) is 11.6. The van der Waals surface area contributed by atoms with Gasteiger partial charge < -0.3 is 4.11 Å². The molecule has 0 N–H and O–H groups in total. The lowest BCUT2D eigenvalue weighted by atomic mass is 10.2. The van der Waals surface area contributed by atoms with Crippen LogP contribution in [0.2, 0.25) is 10.1 Å². The molecule has 0 atom stereocenters. The summed E-state index contributed by atoms with van der Waals surface area (Å²) in [7, 11) is -3.09. The molecule has 0 radical (unpaired) electrons. The Labute approximate surface area is 111 Å². The Balaban J connectivity index is 3.41. The Morgan fingerprint density at radius 1 is 0.882 bits per heavy atom. The largest absolute Gasteiger partial charge is 0.307 e. The lowest BCUT2D eigenvalue weighted by Gasteiger charge is -2.44. The van der Waals surface area contributed by atoms with Crippen molar-refractivity contribution in [2.45, 2.75) is 56.5 Å². The van der Waals surface area contributed by atoms with Gasteiger partial charge in [0, 0.05) is 4.90 Å². The minimum Gasteiger partial charge on any atom is -0.307 e. The second-order valence-electron chi connectivity index (χ2n) is 6.71. The van der Waals surface area contributed by atoms with Gasteiger partial charge in [0.25, 0.3) is 8.41 Å². The smallest absolute Gasteiger partial charge is 0.288 e. The monoisotopic (exact) mass is 269 g/mol. The standard InChI is InChI=1S/C14H23FSSi/c1-13(2,3)17(15,14(4,5)6)12-9-7-11(16)8-10-12/h7-10,16H,1-6H3/i15-1. The summed E-state index contributed by atoms with van der Waals surface area (Å²) in [5.41, 5.74) is 0. The van der Waals surface area contributed by atoms with Crippen LogP contribution >= 0.6 is 12.6 Å². The first kappa shape index (κ1) is 14.8. The van der Waals surface area contributed by atoms with Crippen molar-refractivity contribution < 1.29 is 4.11 Å². The molecular formula is C14H23FSSi. The van der Waals surface area contributed by atoms with E-state index in [0.29, 0.717) is 0 Å². The Kier molecular flexibility index (Phi) is 3.85. The van der Waals surface area contributed by atoms with Crippen LogP contribution in [0.3, 0.4) is 0 Å². The first-order chi connectivity index (χ1) is 7.50. The number of benzene rings is 1. The predicted octanol–water partition coefficient (Wildman–Crippen LogP) is 4.70. The molecule has 1 aromatic rings. The number of hydrogen-bond donors (Lipinski definition) is 1. The minimum atomic E-state index is -3.09. The molecule has 0 aromatic heterocycles. The highest BCUT2D eigenvalue weighted by Crippen LogP contribution is 2.51. The average molecular weight is 269 g/mol. The van der Waals surface area contributed by atoms with Crippen LogP contribution in [0.4, 0.5) is 4.11 Å². The molecule has 0 saturated heterocycles. The highest BCUT2D eigenvalue weighted by atomic mass is 32.1. The van der Waals surface area contributed by atoms with Crippen molar-refractivity contribution in [3.63, 3.8) is 0 Å². The van der Waals surface area contributed by atoms with Crippen LogP contribution in [0.15, 0.2) is 29.2 Å². The quantitative estimate of drug-likeness (QED) is 0.426. The average Bonchev–Trinajstić information content (AvgIpc) is 2.14. The van der Waals surface area contributed by atoms with E-state index in [4.69, 9.17) is 0 Å². The van der Waals surface area contributed by atoms with Gasteiger partial charge in [0.1, 0.15) is 0 Å². The summed E-state index contributed by atoms with van der Waals surface area (Å²) >= 11 is 4.27. The SMILES string of the molecule is CC(C)(C)[Si]([18F])(c1ccc(S)cc1)C(C)(C)C. The maximum absolute atomic E-state index is 15.8. The Hall–Kier alpha value is -0.283. The number of thiol groups is 1. The molecule has 17 heavy (non-hydrogen) atoms. The summed E-state index contributed by atoms with van der Waals surface area (Å²) in [6.07, 6.45) is 0. The molecule has 3 heteroatoms. The molecule has 0 aliphatic rings. The second-order valence-corrected chi connectivity index (χ2v) is 12.1. The molecule has 96 valence electrons. The van der Waals surface area contributed by atoms with Crippen LogP contribution in [-0.2, 0) is 0 Å². The van der Waals surface area contributed by atoms with Gasteiger partial charge in [0.05, 0.1) is 0 Å². The molecule has 0 amide bonds. The first-order valence-corrected chi connectivity index (χ1v) is 8.31. The minimum absolute atomic E-state index is 0.316. The van der Waals surface area contributed by atoms with Crippen molar-refractivity contribution in [1.82, 2.24) is 0 Å². The summed E-state index contributed by atoms with van der Waals surface area (Å²) in [6, 6.07) is 7.59. The fraction of sp³-hybridized carbons (Fsp3) is 0.571. The summed E-state index contributed by atoms with van der Waals surface area (Å²) in [5.74, 6) is 0. The van der Waals surface area contributed by atoms with E-state index in [1.807, 2.05) is 65.8 Å². The Bertz CT molecular complexity index is 370. The van der Waals surface area contributed by atoms with Gasteiger partial charge >= 0.3 is 0 Å². The molecule has 1 aromatic carbocycles. The highest BCUT2D eigenvalue weighted by molar-refractivity contribution is 7.80. The summed E-state index contributed by atoms with van der Waals surface area (Å²) < 4.78 is 15.8. The summed E-state index contributed by atoms with van der Waals surface area (Å²) in [5, 5.41) is 0.238. The van der Waals surface area contributed by atoms with E-state index in [9.17, 15) is 0 Å². The topological polar surface area (TPSA) is 0 Å². The van der Waals surface area contributed by atoms with Crippen molar-refractivity contribution in [2.75, 3.05) is 0 Å². The molecule has 0 aliphatic heterocycles. The van der Waals surface area contributed by atoms with E-state index in [1.54, 1.807) is 0 Å². The van der Waals surface area contributed by atoms with Crippen molar-refractivity contribution >= 4 is 26.2 Å². The lowest BCUT2D eigenvalue weighted by molar-refractivity contribution is 0.535.